The van der Waals surface area contributed by atoms with Crippen LogP contribution in [-0.4, -0.2) is 64.9 Å². The van der Waals surface area contributed by atoms with Crippen molar-refractivity contribution in [3.05, 3.63) is 36.5 Å². The van der Waals surface area contributed by atoms with Crippen LogP contribution in [0.4, 0.5) is 0 Å². The van der Waals surface area contributed by atoms with E-state index in [2.05, 4.69) is 60.1 Å². The number of esters is 1. The maximum Gasteiger partial charge on any atom is 0.472 e. The van der Waals surface area contributed by atoms with Gasteiger partial charge in [-0.1, -0.05) is 88.8 Å². The predicted octanol–water partition coefficient (Wildman–Crippen LogP) is 6.15. The van der Waals surface area contributed by atoms with E-state index in [9.17, 15) is 34.1 Å². The number of unbranched alkanes of at least 4 members (excludes halogenated alkanes) is 8. The van der Waals surface area contributed by atoms with Crippen molar-refractivity contribution in [2.45, 2.75) is 122 Å². The van der Waals surface area contributed by atoms with Crippen molar-refractivity contribution in [1.29, 1.82) is 0 Å². The zero-order chi connectivity index (χ0) is 32.2. The first kappa shape index (κ1) is 40.7. The molecule has 0 saturated heterocycles. The highest BCUT2D eigenvalue weighted by atomic mass is 31.2. The number of carbonyl (C=O) groups excluding carboxylic acids is 2. The Bertz CT molecular complexity index is 890. The number of amides is 1. The van der Waals surface area contributed by atoms with Gasteiger partial charge in [-0.05, 0) is 44.9 Å². The van der Waals surface area contributed by atoms with Crippen molar-refractivity contribution in [2.24, 2.45) is 0 Å². The number of carboxylic acid groups (broad SMARTS) is 1. The first-order valence-electron chi connectivity index (χ1n) is 15.5. The molecular weight excluding hydrogens is 577 g/mol. The molecule has 248 valence electrons. The summed E-state index contributed by atoms with van der Waals surface area (Å²) >= 11 is 0. The number of carboxylic acids is 1. The van der Waals surface area contributed by atoms with E-state index in [1.165, 1.54) is 0 Å². The van der Waals surface area contributed by atoms with Gasteiger partial charge < -0.3 is 25.2 Å². The standard InChI is InChI=1S/C31H54NO10P/c1-3-5-7-9-10-11-12-13-14-15-16-17-18-19-20-22-29(34)32-28(31(36)37)26-42-43(38,39)41-25-27(33)24-40-30(35)23-21-8-6-4-2/h5,7,10-11,13-14,27-28,33H,3-4,6,8-9,12,15-26H2,1-2H3,(H,32,34)(H,36,37)(H,38,39)/b7-5-,11-10-,14-13-. The van der Waals surface area contributed by atoms with Crippen LogP contribution in [0.5, 0.6) is 0 Å². The van der Waals surface area contributed by atoms with E-state index in [4.69, 9.17) is 9.26 Å². The summed E-state index contributed by atoms with van der Waals surface area (Å²) in [5, 5.41) is 21.5. The van der Waals surface area contributed by atoms with Crippen LogP contribution in [0.3, 0.4) is 0 Å². The fraction of sp³-hybridized carbons (Fsp3) is 0.710. The Morgan fingerprint density at radius 3 is 2.02 bits per heavy atom. The molecule has 0 heterocycles. The molecule has 0 rings (SSSR count). The molecule has 43 heavy (non-hydrogen) atoms. The van der Waals surface area contributed by atoms with E-state index in [-0.39, 0.29) is 12.8 Å². The first-order chi connectivity index (χ1) is 20.6. The molecule has 0 aromatic rings. The van der Waals surface area contributed by atoms with Crippen molar-refractivity contribution in [2.75, 3.05) is 19.8 Å². The molecule has 3 atom stereocenters. The molecule has 0 aliphatic rings. The normalized spacial score (nSPS) is 14.7. The number of rotatable bonds is 28. The lowest BCUT2D eigenvalue weighted by molar-refractivity contribution is -0.147. The third-order valence-corrected chi connectivity index (χ3v) is 7.14. The fourth-order valence-corrected chi connectivity index (χ4v) is 4.51. The van der Waals surface area contributed by atoms with Gasteiger partial charge in [0.25, 0.3) is 0 Å². The minimum atomic E-state index is -4.74. The van der Waals surface area contributed by atoms with E-state index >= 15 is 0 Å². The number of aliphatic hydroxyl groups is 1. The molecule has 0 spiro atoms. The lowest BCUT2D eigenvalue weighted by Crippen LogP contribution is -2.43. The Kier molecular flexibility index (Phi) is 25.8. The number of hydrogen-bond acceptors (Lipinski definition) is 8. The summed E-state index contributed by atoms with van der Waals surface area (Å²) in [6, 6.07) is -1.55. The lowest BCUT2D eigenvalue weighted by atomic mass is 10.1. The fourth-order valence-electron chi connectivity index (χ4n) is 3.74. The molecule has 0 bridgehead atoms. The van der Waals surface area contributed by atoms with Crippen LogP contribution in [0, 0.1) is 0 Å². The highest BCUT2D eigenvalue weighted by Gasteiger charge is 2.28. The zero-order valence-corrected chi connectivity index (χ0v) is 26.9. The number of nitrogens with one attached hydrogen (secondary N) is 1. The number of hydrogen-bond donors (Lipinski definition) is 4. The second-order valence-corrected chi connectivity index (χ2v) is 11.7. The molecule has 3 unspecified atom stereocenters. The molecule has 4 N–H and O–H groups in total. The molecule has 0 aliphatic carbocycles. The van der Waals surface area contributed by atoms with Crippen molar-refractivity contribution >= 4 is 25.7 Å². The SMILES string of the molecule is CC/C=C\C/C=C\C/C=C\CCCCCCCC(=O)NC(COP(=O)(O)OCC(O)COC(=O)CCCCCC)C(=O)O. The number of aliphatic hydroxyl groups excluding tert-OH is 1. The minimum absolute atomic E-state index is 0.125. The molecule has 0 aliphatic heterocycles. The van der Waals surface area contributed by atoms with Gasteiger partial charge in [0.1, 0.15) is 12.7 Å². The Hall–Kier alpha value is -2.30. The molecule has 0 fully saturated rings. The summed E-state index contributed by atoms with van der Waals surface area (Å²) in [7, 11) is -4.74. The monoisotopic (exact) mass is 631 g/mol. The molecule has 0 aromatic carbocycles. The highest BCUT2D eigenvalue weighted by Crippen LogP contribution is 2.43. The van der Waals surface area contributed by atoms with Gasteiger partial charge in [-0.25, -0.2) is 9.36 Å². The molecule has 11 nitrogen and oxygen atoms in total. The van der Waals surface area contributed by atoms with Gasteiger partial charge in [-0.3, -0.25) is 18.6 Å². The molecular formula is C31H54NO10P. The quantitative estimate of drug-likeness (QED) is 0.0340. The largest absolute Gasteiger partial charge is 0.480 e. The molecule has 0 radical (unpaired) electrons. The van der Waals surface area contributed by atoms with Crippen LogP contribution < -0.4 is 5.32 Å². The van der Waals surface area contributed by atoms with Crippen molar-refractivity contribution in [3.8, 4) is 0 Å². The van der Waals surface area contributed by atoms with E-state index < -0.39 is 57.6 Å². The number of allylic oxidation sites excluding steroid dienone is 6. The summed E-state index contributed by atoms with van der Waals surface area (Å²) in [6.07, 6.45) is 24.0. The van der Waals surface area contributed by atoms with Crippen LogP contribution in [0.25, 0.3) is 0 Å². The minimum Gasteiger partial charge on any atom is -0.480 e. The van der Waals surface area contributed by atoms with E-state index in [1.807, 2.05) is 0 Å². The second kappa shape index (κ2) is 27.3. The third-order valence-electron chi connectivity index (χ3n) is 6.19. The Morgan fingerprint density at radius 1 is 0.767 bits per heavy atom. The smallest absolute Gasteiger partial charge is 0.472 e. The van der Waals surface area contributed by atoms with Gasteiger partial charge in [0, 0.05) is 12.8 Å². The Balaban J connectivity index is 4.08. The lowest BCUT2D eigenvalue weighted by Gasteiger charge is -2.18. The predicted molar refractivity (Wildman–Crippen MR) is 166 cm³/mol. The van der Waals surface area contributed by atoms with Gasteiger partial charge in [0.15, 0.2) is 6.04 Å². The van der Waals surface area contributed by atoms with Crippen LogP contribution in [0.2, 0.25) is 0 Å². The van der Waals surface area contributed by atoms with Crippen molar-refractivity contribution in [3.63, 3.8) is 0 Å². The first-order valence-corrected chi connectivity index (χ1v) is 17.0. The van der Waals surface area contributed by atoms with Gasteiger partial charge in [-0.15, -0.1) is 0 Å². The van der Waals surface area contributed by atoms with Gasteiger partial charge >= 0.3 is 19.8 Å². The summed E-state index contributed by atoms with van der Waals surface area (Å²) in [5.74, 6) is -2.43. The third kappa shape index (κ3) is 27.0. The van der Waals surface area contributed by atoms with Crippen LogP contribution in [0.1, 0.15) is 110 Å². The maximum absolute atomic E-state index is 12.2. The number of aliphatic carboxylic acids is 1. The number of carbonyl (C=O) groups is 3. The molecule has 12 heteroatoms. The number of ether oxygens (including phenoxy) is 1. The number of phosphoric acid groups is 1. The van der Waals surface area contributed by atoms with Crippen molar-refractivity contribution in [1.82, 2.24) is 5.32 Å². The maximum atomic E-state index is 12.2. The van der Waals surface area contributed by atoms with E-state index in [0.717, 1.165) is 70.6 Å². The summed E-state index contributed by atoms with van der Waals surface area (Å²) in [5.41, 5.74) is 0. The van der Waals surface area contributed by atoms with Crippen LogP contribution in [-0.2, 0) is 32.7 Å². The zero-order valence-electron chi connectivity index (χ0n) is 26.0. The molecule has 0 aromatic heterocycles. The summed E-state index contributed by atoms with van der Waals surface area (Å²) in [4.78, 5) is 45.1. The van der Waals surface area contributed by atoms with Crippen molar-refractivity contribution < 1.29 is 47.8 Å². The van der Waals surface area contributed by atoms with Gasteiger partial charge in [0.05, 0.1) is 13.2 Å². The average molecular weight is 632 g/mol. The average Bonchev–Trinajstić information content (AvgIpc) is 2.97. The molecule has 0 saturated carbocycles. The summed E-state index contributed by atoms with van der Waals surface area (Å²) < 4.78 is 26.3. The Morgan fingerprint density at radius 2 is 1.35 bits per heavy atom. The van der Waals surface area contributed by atoms with Crippen LogP contribution in [0.15, 0.2) is 36.5 Å². The number of phosphoric ester groups is 1. The summed E-state index contributed by atoms with van der Waals surface area (Å²) in [6.45, 7) is 2.26. The Labute approximate surface area is 257 Å². The van der Waals surface area contributed by atoms with Gasteiger partial charge in [0.2, 0.25) is 5.91 Å². The second-order valence-electron chi connectivity index (χ2n) is 10.3. The highest BCUT2D eigenvalue weighted by molar-refractivity contribution is 7.47. The van der Waals surface area contributed by atoms with Crippen LogP contribution >= 0.6 is 7.82 Å². The van der Waals surface area contributed by atoms with Gasteiger partial charge in [-0.2, -0.15) is 0 Å². The topological polar surface area (TPSA) is 169 Å². The van der Waals surface area contributed by atoms with E-state index in [1.54, 1.807) is 0 Å². The molecule has 1 amide bonds. The van der Waals surface area contributed by atoms with E-state index in [0.29, 0.717) is 12.8 Å².